The largest absolute Gasteiger partial charge is 0.317 e. The Kier molecular flexibility index (Phi) is 4.65. The van der Waals surface area contributed by atoms with Crippen molar-refractivity contribution in [3.05, 3.63) is 28.2 Å². The van der Waals surface area contributed by atoms with Crippen LogP contribution in [0.25, 0.3) is 0 Å². The van der Waals surface area contributed by atoms with Crippen molar-refractivity contribution in [2.75, 3.05) is 13.1 Å². The Balaban J connectivity index is 1.68. The molecule has 0 aliphatic carbocycles. The van der Waals surface area contributed by atoms with Gasteiger partial charge in [-0.1, -0.05) is 6.92 Å². The molecule has 0 aromatic carbocycles. The summed E-state index contributed by atoms with van der Waals surface area (Å²) in [5.41, 5.74) is 3.13. The highest BCUT2D eigenvalue weighted by Gasteiger charge is 2.25. The van der Waals surface area contributed by atoms with Crippen LogP contribution in [0.2, 0.25) is 0 Å². The quantitative estimate of drug-likeness (QED) is 0.852. The van der Waals surface area contributed by atoms with Gasteiger partial charge in [-0.15, -0.1) is 21.5 Å². The molecule has 1 fully saturated rings. The van der Waals surface area contributed by atoms with E-state index in [-0.39, 0.29) is 0 Å². The lowest BCUT2D eigenvalue weighted by atomic mass is 9.97. The van der Waals surface area contributed by atoms with E-state index in [0.29, 0.717) is 5.92 Å². The van der Waals surface area contributed by atoms with Gasteiger partial charge in [0.2, 0.25) is 0 Å². The van der Waals surface area contributed by atoms with Crippen LogP contribution in [0.3, 0.4) is 0 Å². The maximum Gasteiger partial charge on any atom is 0.137 e. The monoisotopic (exact) mass is 305 g/mol. The van der Waals surface area contributed by atoms with Crippen molar-refractivity contribution in [2.24, 2.45) is 0 Å². The van der Waals surface area contributed by atoms with Crippen molar-refractivity contribution in [3.8, 4) is 0 Å². The number of hydrogen-bond acceptors (Lipinski definition) is 5. The molecular formula is C15H23N5S. The molecule has 0 amide bonds. The maximum absolute atomic E-state index is 4.38. The second kappa shape index (κ2) is 6.66. The van der Waals surface area contributed by atoms with Crippen LogP contribution in [-0.4, -0.2) is 37.7 Å². The number of aryl methyl sites for hydroxylation is 2. The fraction of sp³-hybridized carbons (Fsp3) is 0.667. The standard InChI is InChI=1S/C15H23N5S/c1-3-6-20-10-17-18-15(20)13-5-4-7-19(8-13)9-14-12(2)16-11-21-14/h10-11,13H,3-9H2,1-2H3. The second-order valence-corrected chi connectivity index (χ2v) is 6.76. The molecule has 1 aliphatic heterocycles. The summed E-state index contributed by atoms with van der Waals surface area (Å²) in [6, 6.07) is 0. The number of aromatic nitrogens is 4. The van der Waals surface area contributed by atoms with E-state index in [9.17, 15) is 0 Å². The lowest BCUT2D eigenvalue weighted by molar-refractivity contribution is 0.195. The van der Waals surface area contributed by atoms with Gasteiger partial charge in [-0.25, -0.2) is 4.98 Å². The first kappa shape index (κ1) is 14.7. The van der Waals surface area contributed by atoms with Crippen LogP contribution < -0.4 is 0 Å². The van der Waals surface area contributed by atoms with E-state index in [4.69, 9.17) is 0 Å². The van der Waals surface area contributed by atoms with Gasteiger partial charge in [0, 0.05) is 30.4 Å². The molecular weight excluding hydrogens is 282 g/mol. The number of piperidine rings is 1. The summed E-state index contributed by atoms with van der Waals surface area (Å²) in [6.07, 6.45) is 5.47. The van der Waals surface area contributed by atoms with Crippen molar-refractivity contribution < 1.29 is 0 Å². The molecule has 0 radical (unpaired) electrons. The molecule has 21 heavy (non-hydrogen) atoms. The Hall–Kier alpha value is -1.27. The first-order chi connectivity index (χ1) is 10.3. The minimum atomic E-state index is 0.515. The number of hydrogen-bond donors (Lipinski definition) is 0. The lowest BCUT2D eigenvalue weighted by Crippen LogP contribution is -2.34. The minimum absolute atomic E-state index is 0.515. The van der Waals surface area contributed by atoms with Crippen molar-refractivity contribution in [1.29, 1.82) is 0 Å². The van der Waals surface area contributed by atoms with E-state index >= 15 is 0 Å². The molecule has 1 aliphatic rings. The Morgan fingerprint density at radius 1 is 1.43 bits per heavy atom. The smallest absolute Gasteiger partial charge is 0.137 e. The predicted molar refractivity (Wildman–Crippen MR) is 84.4 cm³/mol. The molecule has 0 N–H and O–H groups in total. The second-order valence-electron chi connectivity index (χ2n) is 5.82. The maximum atomic E-state index is 4.38. The summed E-state index contributed by atoms with van der Waals surface area (Å²) < 4.78 is 2.23. The molecule has 0 bridgehead atoms. The number of thiazole rings is 1. The van der Waals surface area contributed by atoms with E-state index < -0.39 is 0 Å². The summed E-state index contributed by atoms with van der Waals surface area (Å²) in [5.74, 6) is 1.68. The summed E-state index contributed by atoms with van der Waals surface area (Å²) in [7, 11) is 0. The zero-order valence-electron chi connectivity index (χ0n) is 12.8. The van der Waals surface area contributed by atoms with Crippen LogP contribution in [0.4, 0.5) is 0 Å². The Morgan fingerprint density at radius 3 is 3.10 bits per heavy atom. The normalized spacial score (nSPS) is 20.0. The molecule has 2 aromatic rings. The topological polar surface area (TPSA) is 46.8 Å². The third-order valence-corrected chi connectivity index (χ3v) is 5.11. The first-order valence-electron chi connectivity index (χ1n) is 7.77. The fourth-order valence-corrected chi connectivity index (χ4v) is 3.90. The van der Waals surface area contributed by atoms with Gasteiger partial charge >= 0.3 is 0 Å². The molecule has 5 nitrogen and oxygen atoms in total. The molecule has 1 atom stereocenters. The first-order valence-corrected chi connectivity index (χ1v) is 8.65. The summed E-state index contributed by atoms with van der Waals surface area (Å²) in [6.45, 7) is 8.60. The van der Waals surface area contributed by atoms with Crippen molar-refractivity contribution in [2.45, 2.75) is 52.1 Å². The Bertz CT molecular complexity index is 576. The van der Waals surface area contributed by atoms with Crippen LogP contribution in [0, 0.1) is 6.92 Å². The van der Waals surface area contributed by atoms with Gasteiger partial charge in [-0.3, -0.25) is 4.90 Å². The zero-order chi connectivity index (χ0) is 14.7. The zero-order valence-corrected chi connectivity index (χ0v) is 13.6. The van der Waals surface area contributed by atoms with Crippen LogP contribution in [0.5, 0.6) is 0 Å². The van der Waals surface area contributed by atoms with Gasteiger partial charge in [-0.2, -0.15) is 0 Å². The number of likely N-dealkylation sites (tertiary alicyclic amines) is 1. The Labute approximate surface area is 130 Å². The highest BCUT2D eigenvalue weighted by molar-refractivity contribution is 7.09. The average molecular weight is 305 g/mol. The summed E-state index contributed by atoms with van der Waals surface area (Å²) >= 11 is 1.77. The SMILES string of the molecule is CCCn1cnnc1C1CCCN(Cc2scnc2C)C1. The van der Waals surface area contributed by atoms with Gasteiger partial charge in [-0.05, 0) is 32.7 Å². The molecule has 6 heteroatoms. The third-order valence-electron chi connectivity index (χ3n) is 4.19. The molecule has 1 unspecified atom stereocenters. The van der Waals surface area contributed by atoms with Gasteiger partial charge in [0.1, 0.15) is 12.2 Å². The van der Waals surface area contributed by atoms with Gasteiger partial charge < -0.3 is 4.57 Å². The van der Waals surface area contributed by atoms with Crippen molar-refractivity contribution >= 4 is 11.3 Å². The lowest BCUT2D eigenvalue weighted by Gasteiger charge is -2.32. The predicted octanol–water partition coefficient (Wildman–Crippen LogP) is 2.83. The molecule has 114 valence electrons. The van der Waals surface area contributed by atoms with Crippen LogP contribution >= 0.6 is 11.3 Å². The van der Waals surface area contributed by atoms with E-state index in [1.807, 2.05) is 11.8 Å². The highest BCUT2D eigenvalue weighted by atomic mass is 32.1. The van der Waals surface area contributed by atoms with Gasteiger partial charge in [0.15, 0.2) is 0 Å². The molecule has 1 saturated heterocycles. The van der Waals surface area contributed by atoms with Crippen molar-refractivity contribution in [3.63, 3.8) is 0 Å². The van der Waals surface area contributed by atoms with Crippen molar-refractivity contribution in [1.82, 2.24) is 24.6 Å². The van der Waals surface area contributed by atoms with E-state index in [1.165, 1.54) is 35.8 Å². The molecule has 0 saturated carbocycles. The highest BCUT2D eigenvalue weighted by Crippen LogP contribution is 2.27. The number of nitrogens with zero attached hydrogens (tertiary/aromatic N) is 5. The van der Waals surface area contributed by atoms with Crippen LogP contribution in [-0.2, 0) is 13.1 Å². The third kappa shape index (κ3) is 3.32. The van der Waals surface area contributed by atoms with Gasteiger partial charge in [0.05, 0.1) is 11.2 Å². The molecule has 0 spiro atoms. The fourth-order valence-electron chi connectivity index (χ4n) is 3.08. The Morgan fingerprint density at radius 2 is 2.33 bits per heavy atom. The van der Waals surface area contributed by atoms with E-state index in [0.717, 1.165) is 26.1 Å². The molecule has 2 aromatic heterocycles. The number of rotatable bonds is 5. The summed E-state index contributed by atoms with van der Waals surface area (Å²) in [4.78, 5) is 8.29. The average Bonchev–Trinajstić information content (AvgIpc) is 3.10. The summed E-state index contributed by atoms with van der Waals surface area (Å²) in [5, 5.41) is 8.50. The van der Waals surface area contributed by atoms with E-state index in [2.05, 4.69) is 38.5 Å². The molecule has 3 rings (SSSR count). The van der Waals surface area contributed by atoms with E-state index in [1.54, 1.807) is 11.3 Å². The van der Waals surface area contributed by atoms with Crippen LogP contribution in [0.1, 0.15) is 48.5 Å². The minimum Gasteiger partial charge on any atom is -0.317 e. The van der Waals surface area contributed by atoms with Gasteiger partial charge in [0.25, 0.3) is 0 Å². The van der Waals surface area contributed by atoms with Crippen LogP contribution in [0.15, 0.2) is 11.8 Å². The molecule has 3 heterocycles.